The van der Waals surface area contributed by atoms with Crippen molar-refractivity contribution in [1.82, 2.24) is 25.5 Å². The van der Waals surface area contributed by atoms with E-state index < -0.39 is 0 Å². The number of hydrogen-bond donors (Lipinski definition) is 1. The molecule has 6 nitrogen and oxygen atoms in total. The highest BCUT2D eigenvalue weighted by Crippen LogP contribution is 2.24. The Hall–Kier alpha value is -1.60. The van der Waals surface area contributed by atoms with E-state index in [1.165, 1.54) is 5.56 Å². The summed E-state index contributed by atoms with van der Waals surface area (Å²) < 4.78 is 1.76. The molecule has 8 heteroatoms. The number of nitrogens with zero attached hydrogens (tertiary/aromatic N) is 4. The minimum Gasteiger partial charge on any atom is -0.355 e. The average molecular weight is 366 g/mol. The number of tetrazole rings is 1. The Labute approximate surface area is 150 Å². The van der Waals surface area contributed by atoms with Gasteiger partial charge in [-0.2, -0.15) is 11.8 Å². The van der Waals surface area contributed by atoms with E-state index in [1.54, 1.807) is 16.4 Å². The number of halogens is 1. The van der Waals surface area contributed by atoms with Crippen LogP contribution in [0.2, 0.25) is 5.02 Å². The maximum absolute atomic E-state index is 12.4. The minimum atomic E-state index is -0.236. The van der Waals surface area contributed by atoms with Gasteiger partial charge in [-0.1, -0.05) is 30.2 Å². The Morgan fingerprint density at radius 2 is 2.33 bits per heavy atom. The van der Waals surface area contributed by atoms with Crippen molar-refractivity contribution >= 4 is 29.3 Å². The summed E-state index contributed by atoms with van der Waals surface area (Å²) in [6.07, 6.45) is 2.83. The van der Waals surface area contributed by atoms with Crippen molar-refractivity contribution in [3.05, 3.63) is 40.7 Å². The number of carbonyl (C=O) groups excluding carboxylic acids is 1. The second-order valence-corrected chi connectivity index (χ2v) is 7.32. The molecule has 1 aliphatic rings. The Morgan fingerprint density at radius 3 is 3.21 bits per heavy atom. The van der Waals surface area contributed by atoms with E-state index in [-0.39, 0.29) is 11.8 Å². The van der Waals surface area contributed by atoms with Crippen LogP contribution >= 0.6 is 23.4 Å². The summed E-state index contributed by atoms with van der Waals surface area (Å²) in [6, 6.07) is 7.85. The van der Waals surface area contributed by atoms with Crippen LogP contribution in [0.25, 0.3) is 0 Å². The maximum Gasteiger partial charge on any atom is 0.230 e. The number of aryl methyl sites for hydroxylation is 1. The maximum atomic E-state index is 12.4. The summed E-state index contributed by atoms with van der Waals surface area (Å²) in [5.41, 5.74) is 1.20. The van der Waals surface area contributed by atoms with Gasteiger partial charge in [0.15, 0.2) is 5.82 Å². The highest BCUT2D eigenvalue weighted by molar-refractivity contribution is 7.98. The smallest absolute Gasteiger partial charge is 0.230 e. The number of rotatable bonds is 6. The van der Waals surface area contributed by atoms with Crippen LogP contribution in [-0.2, 0) is 17.1 Å². The van der Waals surface area contributed by atoms with Crippen LogP contribution in [0, 0.1) is 0 Å². The predicted octanol–water partition coefficient (Wildman–Crippen LogP) is 2.64. The number of amides is 1. The van der Waals surface area contributed by atoms with Crippen molar-refractivity contribution in [2.24, 2.45) is 0 Å². The van der Waals surface area contributed by atoms with Gasteiger partial charge in [-0.05, 0) is 41.0 Å². The normalized spacial score (nSPS) is 17.1. The Bertz CT molecular complexity index is 693. The van der Waals surface area contributed by atoms with Crippen molar-refractivity contribution in [3.8, 4) is 0 Å². The summed E-state index contributed by atoms with van der Waals surface area (Å²) in [5, 5.41) is 15.5. The number of hydrogen-bond acceptors (Lipinski definition) is 5. The lowest BCUT2D eigenvalue weighted by molar-refractivity contribution is -0.122. The summed E-state index contributed by atoms with van der Waals surface area (Å²) in [6.45, 7) is 1.43. The lowest BCUT2D eigenvalue weighted by Crippen LogP contribution is -2.32. The van der Waals surface area contributed by atoms with Crippen molar-refractivity contribution in [3.63, 3.8) is 0 Å². The fraction of sp³-hybridized carbons (Fsp3) is 0.500. The fourth-order valence-electron chi connectivity index (χ4n) is 2.79. The molecule has 1 atom stereocenters. The van der Waals surface area contributed by atoms with Gasteiger partial charge in [-0.3, -0.25) is 4.79 Å². The predicted molar refractivity (Wildman–Crippen MR) is 95.0 cm³/mol. The summed E-state index contributed by atoms with van der Waals surface area (Å²) in [7, 11) is 0. The summed E-state index contributed by atoms with van der Waals surface area (Å²) in [4.78, 5) is 12.4. The van der Waals surface area contributed by atoms with Crippen LogP contribution in [0.5, 0.6) is 0 Å². The molecule has 2 aromatic rings. The highest BCUT2D eigenvalue weighted by atomic mass is 35.5. The monoisotopic (exact) mass is 365 g/mol. The zero-order valence-corrected chi connectivity index (χ0v) is 14.9. The third-order valence-corrected chi connectivity index (χ3v) is 5.27. The first-order chi connectivity index (χ1) is 11.7. The van der Waals surface area contributed by atoms with Gasteiger partial charge < -0.3 is 5.32 Å². The Morgan fingerprint density at radius 1 is 1.42 bits per heavy atom. The van der Waals surface area contributed by atoms with Crippen LogP contribution in [0.15, 0.2) is 24.3 Å². The zero-order valence-electron chi connectivity index (χ0n) is 13.3. The molecule has 0 fully saturated rings. The molecular weight excluding hydrogens is 346 g/mol. The van der Waals surface area contributed by atoms with E-state index in [0.717, 1.165) is 42.3 Å². The number of carbonyl (C=O) groups is 1. The quantitative estimate of drug-likeness (QED) is 0.797. The van der Waals surface area contributed by atoms with E-state index in [4.69, 9.17) is 11.6 Å². The molecule has 0 radical (unpaired) electrons. The van der Waals surface area contributed by atoms with Gasteiger partial charge in [0.25, 0.3) is 0 Å². The largest absolute Gasteiger partial charge is 0.355 e. The van der Waals surface area contributed by atoms with E-state index >= 15 is 0 Å². The van der Waals surface area contributed by atoms with Crippen LogP contribution in [0.3, 0.4) is 0 Å². The topological polar surface area (TPSA) is 72.7 Å². The second-order valence-electron chi connectivity index (χ2n) is 5.78. The SMILES string of the molecule is O=C(NCCSCc1cccc(Cl)c1)[C@@H]1CCCCn2nnnc21. The molecule has 0 aliphatic carbocycles. The number of nitrogens with one attached hydrogen (secondary N) is 1. The van der Waals surface area contributed by atoms with Crippen LogP contribution in [0.1, 0.15) is 36.6 Å². The van der Waals surface area contributed by atoms with Crippen molar-refractivity contribution in [1.29, 1.82) is 0 Å². The van der Waals surface area contributed by atoms with Crippen molar-refractivity contribution in [2.75, 3.05) is 12.3 Å². The molecule has 0 saturated heterocycles. The molecule has 1 amide bonds. The van der Waals surface area contributed by atoms with E-state index in [2.05, 4.69) is 26.9 Å². The third-order valence-electron chi connectivity index (χ3n) is 4.00. The second kappa shape index (κ2) is 8.48. The molecule has 3 rings (SSSR count). The molecule has 1 aliphatic heterocycles. The molecule has 0 bridgehead atoms. The first-order valence-corrected chi connectivity index (χ1v) is 9.63. The van der Waals surface area contributed by atoms with Gasteiger partial charge in [-0.15, -0.1) is 5.10 Å². The molecular formula is C16H20ClN5OS. The van der Waals surface area contributed by atoms with Crippen molar-refractivity contribution in [2.45, 2.75) is 37.5 Å². The molecule has 0 saturated carbocycles. The lowest BCUT2D eigenvalue weighted by atomic mass is 10.0. The van der Waals surface area contributed by atoms with Crippen molar-refractivity contribution < 1.29 is 4.79 Å². The lowest BCUT2D eigenvalue weighted by Gasteiger charge is -2.13. The average Bonchev–Trinajstić information content (AvgIpc) is 2.94. The molecule has 1 aromatic heterocycles. The molecule has 1 aromatic carbocycles. The minimum absolute atomic E-state index is 0.0244. The van der Waals surface area contributed by atoms with Gasteiger partial charge in [0.1, 0.15) is 0 Å². The Kier molecular flexibility index (Phi) is 6.09. The molecule has 0 spiro atoms. The first kappa shape index (κ1) is 17.2. The van der Waals surface area contributed by atoms with E-state index in [0.29, 0.717) is 12.4 Å². The van der Waals surface area contributed by atoms with Gasteiger partial charge in [0.05, 0.1) is 5.92 Å². The van der Waals surface area contributed by atoms with Crippen LogP contribution in [-0.4, -0.2) is 38.4 Å². The van der Waals surface area contributed by atoms with Gasteiger partial charge in [0.2, 0.25) is 5.91 Å². The van der Waals surface area contributed by atoms with E-state index in [1.807, 2.05) is 18.2 Å². The van der Waals surface area contributed by atoms with Gasteiger partial charge >= 0.3 is 0 Å². The Balaban J connectivity index is 1.43. The highest BCUT2D eigenvalue weighted by Gasteiger charge is 2.27. The van der Waals surface area contributed by atoms with E-state index in [9.17, 15) is 4.79 Å². The first-order valence-electron chi connectivity index (χ1n) is 8.10. The third kappa shape index (κ3) is 4.48. The summed E-state index contributed by atoms with van der Waals surface area (Å²) >= 11 is 7.75. The fourth-order valence-corrected chi connectivity index (χ4v) is 3.81. The molecule has 0 unspecified atom stereocenters. The number of aromatic nitrogens is 4. The van der Waals surface area contributed by atoms with Crippen LogP contribution < -0.4 is 5.32 Å². The molecule has 1 N–H and O–H groups in total. The van der Waals surface area contributed by atoms with Gasteiger partial charge in [0, 0.05) is 29.6 Å². The zero-order chi connectivity index (χ0) is 16.8. The van der Waals surface area contributed by atoms with Crippen LogP contribution in [0.4, 0.5) is 0 Å². The molecule has 2 heterocycles. The number of fused-ring (bicyclic) bond motifs is 1. The number of benzene rings is 1. The molecule has 24 heavy (non-hydrogen) atoms. The van der Waals surface area contributed by atoms with Gasteiger partial charge in [-0.25, -0.2) is 4.68 Å². The molecule has 128 valence electrons. The number of thioether (sulfide) groups is 1. The summed E-state index contributed by atoms with van der Waals surface area (Å²) in [5.74, 6) is 2.22. The standard InChI is InChI=1S/C16H20ClN5OS/c17-13-5-3-4-12(10-13)11-24-9-7-18-16(23)14-6-1-2-8-22-15(14)19-20-21-22/h3-5,10,14H,1-2,6-9,11H2,(H,18,23)/t14-/m1/s1.